The fourth-order valence-corrected chi connectivity index (χ4v) is 4.43. The standard InChI is InChI=1S/C25H26N6O/c1-2-23-26-13-16-31(23)24-11-4-9-21(28-24)22-10-5-15-30(22)25(32)20-8-3-7-19(17-20)18-29-14-6-12-27-29/h3-4,6-9,11-14,16-17,22H,2,5,10,15,18H2,1H3/t22-/m1/s1. The summed E-state index contributed by atoms with van der Waals surface area (Å²) in [5.74, 6) is 1.87. The van der Waals surface area contributed by atoms with E-state index in [1.54, 1.807) is 12.4 Å². The van der Waals surface area contributed by atoms with Gasteiger partial charge in [-0.15, -0.1) is 0 Å². The highest BCUT2D eigenvalue weighted by Crippen LogP contribution is 2.32. The minimum Gasteiger partial charge on any atom is -0.330 e. The Hall–Kier alpha value is -3.74. The summed E-state index contributed by atoms with van der Waals surface area (Å²) in [4.78, 5) is 24.8. The lowest BCUT2D eigenvalue weighted by molar-refractivity contribution is 0.0732. The largest absolute Gasteiger partial charge is 0.330 e. The van der Waals surface area contributed by atoms with Crippen LogP contribution in [-0.2, 0) is 13.0 Å². The molecule has 7 nitrogen and oxygen atoms in total. The predicted molar refractivity (Wildman–Crippen MR) is 122 cm³/mol. The monoisotopic (exact) mass is 426 g/mol. The van der Waals surface area contributed by atoms with Crippen LogP contribution < -0.4 is 0 Å². The molecule has 0 N–H and O–H groups in total. The van der Waals surface area contributed by atoms with E-state index < -0.39 is 0 Å². The molecule has 0 saturated carbocycles. The van der Waals surface area contributed by atoms with Crippen molar-refractivity contribution in [1.82, 2.24) is 29.2 Å². The van der Waals surface area contributed by atoms with Crippen LogP contribution in [0.4, 0.5) is 0 Å². The molecule has 1 fully saturated rings. The van der Waals surface area contributed by atoms with Crippen LogP contribution in [0.2, 0.25) is 0 Å². The third-order valence-electron chi connectivity index (χ3n) is 5.97. The fraction of sp³-hybridized carbons (Fsp3) is 0.280. The van der Waals surface area contributed by atoms with Gasteiger partial charge < -0.3 is 4.90 Å². The molecule has 1 amide bonds. The Bertz CT molecular complexity index is 1210. The molecule has 0 spiro atoms. The van der Waals surface area contributed by atoms with Crippen LogP contribution in [-0.4, -0.2) is 41.7 Å². The maximum absolute atomic E-state index is 13.5. The Kier molecular flexibility index (Phi) is 5.54. The number of carbonyl (C=O) groups excluding carboxylic acids is 1. The zero-order valence-corrected chi connectivity index (χ0v) is 18.1. The van der Waals surface area contributed by atoms with Gasteiger partial charge >= 0.3 is 0 Å². The molecule has 7 heteroatoms. The lowest BCUT2D eigenvalue weighted by atomic mass is 10.1. The molecule has 162 valence electrons. The van der Waals surface area contributed by atoms with Crippen LogP contribution in [0.5, 0.6) is 0 Å². The van der Waals surface area contributed by atoms with Crippen molar-refractivity contribution in [3.8, 4) is 5.82 Å². The average Bonchev–Trinajstić information content (AvgIpc) is 3.60. The summed E-state index contributed by atoms with van der Waals surface area (Å²) in [5, 5.41) is 4.26. The Morgan fingerprint density at radius 1 is 1.09 bits per heavy atom. The van der Waals surface area contributed by atoms with Gasteiger partial charge in [-0.25, -0.2) is 9.97 Å². The second-order valence-corrected chi connectivity index (χ2v) is 8.05. The fourth-order valence-electron chi connectivity index (χ4n) is 4.43. The Morgan fingerprint density at radius 3 is 2.84 bits per heavy atom. The van der Waals surface area contributed by atoms with Gasteiger partial charge in [0.1, 0.15) is 11.6 Å². The van der Waals surface area contributed by atoms with Gasteiger partial charge in [-0.1, -0.05) is 25.1 Å². The van der Waals surface area contributed by atoms with Crippen LogP contribution in [0.1, 0.15) is 53.2 Å². The average molecular weight is 427 g/mol. The van der Waals surface area contributed by atoms with Gasteiger partial charge in [0, 0.05) is 43.3 Å². The SMILES string of the molecule is CCc1nccn1-c1cccc([C@H]2CCCN2C(=O)c2cccc(Cn3cccn3)c2)n1. The van der Waals surface area contributed by atoms with Crippen molar-refractivity contribution in [3.63, 3.8) is 0 Å². The summed E-state index contributed by atoms with van der Waals surface area (Å²) in [6.07, 6.45) is 10.1. The van der Waals surface area contributed by atoms with Crippen LogP contribution in [0, 0.1) is 0 Å². The maximum atomic E-state index is 13.5. The number of likely N-dealkylation sites (tertiary alicyclic amines) is 1. The molecule has 1 atom stereocenters. The normalized spacial score (nSPS) is 15.9. The summed E-state index contributed by atoms with van der Waals surface area (Å²) in [6, 6.07) is 15.8. The van der Waals surface area contributed by atoms with E-state index in [0.29, 0.717) is 12.1 Å². The molecular weight excluding hydrogens is 400 g/mol. The quantitative estimate of drug-likeness (QED) is 0.466. The number of rotatable bonds is 6. The lowest BCUT2D eigenvalue weighted by Gasteiger charge is -2.25. The summed E-state index contributed by atoms with van der Waals surface area (Å²) in [6.45, 7) is 3.47. The molecule has 0 bridgehead atoms. The third kappa shape index (κ3) is 3.93. The van der Waals surface area contributed by atoms with E-state index in [2.05, 4.69) is 17.0 Å². The van der Waals surface area contributed by atoms with E-state index in [-0.39, 0.29) is 11.9 Å². The van der Waals surface area contributed by atoms with Crippen molar-refractivity contribution in [2.75, 3.05) is 6.54 Å². The van der Waals surface area contributed by atoms with Crippen LogP contribution in [0.3, 0.4) is 0 Å². The molecular formula is C25H26N6O. The van der Waals surface area contributed by atoms with Gasteiger partial charge in [-0.05, 0) is 48.7 Å². The van der Waals surface area contributed by atoms with Crippen molar-refractivity contribution < 1.29 is 4.79 Å². The minimum atomic E-state index is -0.0224. The molecule has 5 rings (SSSR count). The highest BCUT2D eigenvalue weighted by atomic mass is 16.2. The first kappa shape index (κ1) is 20.2. The molecule has 3 aromatic heterocycles. The second-order valence-electron chi connectivity index (χ2n) is 8.05. The van der Waals surface area contributed by atoms with Crippen molar-refractivity contribution in [2.24, 2.45) is 0 Å². The molecule has 32 heavy (non-hydrogen) atoms. The smallest absolute Gasteiger partial charge is 0.254 e. The second kappa shape index (κ2) is 8.78. The first-order chi connectivity index (χ1) is 15.7. The maximum Gasteiger partial charge on any atom is 0.254 e. The van der Waals surface area contributed by atoms with E-state index >= 15 is 0 Å². The molecule has 1 aliphatic heterocycles. The number of carbonyl (C=O) groups is 1. The summed E-state index contributed by atoms with van der Waals surface area (Å²) >= 11 is 0. The Balaban J connectivity index is 1.39. The molecule has 4 heterocycles. The number of nitrogens with zero attached hydrogens (tertiary/aromatic N) is 6. The highest BCUT2D eigenvalue weighted by molar-refractivity contribution is 5.94. The number of hydrogen-bond donors (Lipinski definition) is 0. The lowest BCUT2D eigenvalue weighted by Crippen LogP contribution is -2.31. The Morgan fingerprint density at radius 2 is 2.00 bits per heavy atom. The van der Waals surface area contributed by atoms with Crippen LogP contribution >= 0.6 is 0 Å². The number of amides is 1. The van der Waals surface area contributed by atoms with Crippen molar-refractivity contribution in [2.45, 2.75) is 38.8 Å². The molecule has 1 aliphatic rings. The number of imidazole rings is 1. The van der Waals surface area contributed by atoms with Gasteiger partial charge in [-0.2, -0.15) is 5.10 Å². The topological polar surface area (TPSA) is 68.8 Å². The van der Waals surface area contributed by atoms with E-state index in [4.69, 9.17) is 4.98 Å². The van der Waals surface area contributed by atoms with Gasteiger partial charge in [-0.3, -0.25) is 14.0 Å². The van der Waals surface area contributed by atoms with Gasteiger partial charge in [0.15, 0.2) is 0 Å². The zero-order chi connectivity index (χ0) is 21.9. The Labute approximate surface area is 187 Å². The number of aromatic nitrogens is 5. The number of pyridine rings is 1. The highest BCUT2D eigenvalue weighted by Gasteiger charge is 2.31. The first-order valence-electron chi connectivity index (χ1n) is 11.1. The van der Waals surface area contributed by atoms with Crippen molar-refractivity contribution in [1.29, 1.82) is 0 Å². The minimum absolute atomic E-state index is 0.0224. The number of hydrogen-bond acceptors (Lipinski definition) is 4. The van der Waals surface area contributed by atoms with E-state index in [1.807, 2.05) is 75.1 Å². The van der Waals surface area contributed by atoms with Crippen LogP contribution in [0.25, 0.3) is 5.82 Å². The van der Waals surface area contributed by atoms with Gasteiger partial charge in [0.05, 0.1) is 18.3 Å². The molecule has 1 aromatic carbocycles. The summed E-state index contributed by atoms with van der Waals surface area (Å²) < 4.78 is 3.88. The molecule has 4 aromatic rings. The predicted octanol–water partition coefficient (Wildman–Crippen LogP) is 4.05. The summed E-state index contributed by atoms with van der Waals surface area (Å²) in [7, 11) is 0. The first-order valence-corrected chi connectivity index (χ1v) is 11.1. The molecule has 1 saturated heterocycles. The van der Waals surface area contributed by atoms with E-state index in [9.17, 15) is 4.79 Å². The van der Waals surface area contributed by atoms with Crippen LogP contribution in [0.15, 0.2) is 73.3 Å². The number of aryl methyl sites for hydroxylation is 1. The van der Waals surface area contributed by atoms with Gasteiger partial charge in [0.25, 0.3) is 5.91 Å². The van der Waals surface area contributed by atoms with E-state index in [0.717, 1.165) is 48.7 Å². The van der Waals surface area contributed by atoms with Gasteiger partial charge in [0.2, 0.25) is 0 Å². The molecule has 0 unspecified atom stereocenters. The van der Waals surface area contributed by atoms with E-state index in [1.165, 1.54) is 0 Å². The zero-order valence-electron chi connectivity index (χ0n) is 18.1. The third-order valence-corrected chi connectivity index (χ3v) is 5.97. The van der Waals surface area contributed by atoms with Crippen molar-refractivity contribution in [3.05, 3.63) is 96.0 Å². The van der Waals surface area contributed by atoms with Crippen molar-refractivity contribution >= 4 is 5.91 Å². The molecule has 0 radical (unpaired) electrons. The molecule has 0 aliphatic carbocycles. The summed E-state index contributed by atoms with van der Waals surface area (Å²) in [5.41, 5.74) is 2.69. The number of benzene rings is 1.